The van der Waals surface area contributed by atoms with Crippen LogP contribution in [0.25, 0.3) is 0 Å². The Bertz CT molecular complexity index is 974. The highest BCUT2D eigenvalue weighted by Gasteiger charge is 2.43. The number of ether oxygens (including phenoxy) is 1. The SMILES string of the molecule is O=C1OC(CC2CCCCC2)C(=O)/C1=C(\O)C(Cc1ccc(Cl)cc1)Cc1ccc(Cl)cc1. The Morgan fingerprint density at radius 1 is 0.879 bits per heavy atom. The van der Waals surface area contributed by atoms with Gasteiger partial charge in [0.15, 0.2) is 6.10 Å². The molecule has 2 aromatic rings. The smallest absolute Gasteiger partial charge is 0.346 e. The first-order valence-electron chi connectivity index (χ1n) is 11.6. The van der Waals surface area contributed by atoms with Crippen LogP contribution in [0.4, 0.5) is 0 Å². The molecule has 1 aliphatic heterocycles. The van der Waals surface area contributed by atoms with E-state index in [0.29, 0.717) is 35.2 Å². The Labute approximate surface area is 204 Å². The van der Waals surface area contributed by atoms with E-state index in [1.54, 1.807) is 24.3 Å². The molecule has 1 saturated carbocycles. The lowest BCUT2D eigenvalue weighted by Crippen LogP contribution is -2.23. The van der Waals surface area contributed by atoms with Gasteiger partial charge in [-0.3, -0.25) is 4.79 Å². The van der Waals surface area contributed by atoms with E-state index in [2.05, 4.69) is 0 Å². The lowest BCUT2D eigenvalue weighted by atomic mass is 9.84. The molecule has 33 heavy (non-hydrogen) atoms. The quantitative estimate of drug-likeness (QED) is 0.205. The Balaban J connectivity index is 1.59. The van der Waals surface area contributed by atoms with E-state index in [4.69, 9.17) is 27.9 Å². The van der Waals surface area contributed by atoms with Crippen LogP contribution in [0.3, 0.4) is 0 Å². The van der Waals surface area contributed by atoms with Crippen LogP contribution in [-0.2, 0) is 27.2 Å². The van der Waals surface area contributed by atoms with Gasteiger partial charge in [-0.15, -0.1) is 0 Å². The zero-order valence-corrected chi connectivity index (χ0v) is 19.9. The van der Waals surface area contributed by atoms with E-state index in [9.17, 15) is 14.7 Å². The molecule has 1 heterocycles. The highest BCUT2D eigenvalue weighted by Crippen LogP contribution is 2.34. The number of rotatable bonds is 7. The van der Waals surface area contributed by atoms with Crippen molar-refractivity contribution in [3.8, 4) is 0 Å². The van der Waals surface area contributed by atoms with Gasteiger partial charge in [-0.05, 0) is 60.6 Å². The number of Topliss-reactive ketones (excluding diaryl/α,β-unsaturated/α-hetero) is 1. The normalized spacial score (nSPS) is 20.9. The maximum absolute atomic E-state index is 13.1. The number of aliphatic hydroxyl groups excluding tert-OH is 1. The largest absolute Gasteiger partial charge is 0.511 e. The van der Waals surface area contributed by atoms with Crippen LogP contribution in [0.2, 0.25) is 10.0 Å². The minimum Gasteiger partial charge on any atom is -0.511 e. The summed E-state index contributed by atoms with van der Waals surface area (Å²) < 4.78 is 5.45. The summed E-state index contributed by atoms with van der Waals surface area (Å²) in [5, 5.41) is 12.5. The van der Waals surface area contributed by atoms with Gasteiger partial charge in [0.1, 0.15) is 11.3 Å². The van der Waals surface area contributed by atoms with Crippen molar-refractivity contribution < 1.29 is 19.4 Å². The lowest BCUT2D eigenvalue weighted by Gasteiger charge is -2.22. The van der Waals surface area contributed by atoms with Crippen molar-refractivity contribution >= 4 is 35.0 Å². The number of ketones is 1. The number of hydrogen-bond acceptors (Lipinski definition) is 4. The van der Waals surface area contributed by atoms with Crippen LogP contribution in [0.1, 0.15) is 49.7 Å². The molecule has 6 heteroatoms. The minimum absolute atomic E-state index is 0.191. The second-order valence-electron chi connectivity index (χ2n) is 9.12. The summed E-state index contributed by atoms with van der Waals surface area (Å²) in [7, 11) is 0. The molecule has 1 saturated heterocycles. The molecule has 174 valence electrons. The Kier molecular flexibility index (Phi) is 7.77. The first-order valence-corrected chi connectivity index (χ1v) is 12.3. The summed E-state index contributed by atoms with van der Waals surface area (Å²) in [5.41, 5.74) is 1.70. The third-order valence-corrected chi connectivity index (χ3v) is 7.20. The van der Waals surface area contributed by atoms with Gasteiger partial charge in [0.25, 0.3) is 0 Å². The second kappa shape index (κ2) is 10.8. The fourth-order valence-corrected chi connectivity index (χ4v) is 5.15. The molecule has 0 aromatic heterocycles. The maximum atomic E-state index is 13.1. The molecule has 4 nitrogen and oxygen atoms in total. The van der Waals surface area contributed by atoms with Crippen LogP contribution in [-0.4, -0.2) is 23.0 Å². The molecule has 0 bridgehead atoms. The molecule has 1 N–H and O–H groups in total. The van der Waals surface area contributed by atoms with Crippen LogP contribution in [0.15, 0.2) is 59.9 Å². The van der Waals surface area contributed by atoms with Crippen molar-refractivity contribution in [2.75, 3.05) is 0 Å². The Hall–Kier alpha value is -2.30. The number of hydrogen-bond donors (Lipinski definition) is 1. The molecule has 0 radical (unpaired) electrons. The average molecular weight is 487 g/mol. The number of carbonyl (C=O) groups is 2. The van der Waals surface area contributed by atoms with Gasteiger partial charge in [0.2, 0.25) is 5.78 Å². The molecule has 4 rings (SSSR count). The molecule has 0 amide bonds. The number of aliphatic hydroxyl groups is 1. The number of esters is 1. The van der Waals surface area contributed by atoms with Gasteiger partial charge >= 0.3 is 5.97 Å². The summed E-state index contributed by atoms with van der Waals surface area (Å²) >= 11 is 12.0. The van der Waals surface area contributed by atoms with Crippen LogP contribution < -0.4 is 0 Å². The minimum atomic E-state index is -0.788. The topological polar surface area (TPSA) is 63.6 Å². The Morgan fingerprint density at radius 3 is 1.91 bits per heavy atom. The van der Waals surface area contributed by atoms with Gasteiger partial charge in [0, 0.05) is 16.0 Å². The van der Waals surface area contributed by atoms with Crippen molar-refractivity contribution in [2.45, 2.75) is 57.5 Å². The predicted octanol–water partition coefficient (Wildman–Crippen LogP) is 6.67. The number of halogens is 2. The molecule has 1 unspecified atom stereocenters. The van der Waals surface area contributed by atoms with Crippen molar-refractivity contribution in [3.05, 3.63) is 81.0 Å². The zero-order valence-electron chi connectivity index (χ0n) is 18.4. The van der Waals surface area contributed by atoms with E-state index in [1.807, 2.05) is 24.3 Å². The third kappa shape index (κ3) is 5.99. The second-order valence-corrected chi connectivity index (χ2v) is 9.99. The number of benzene rings is 2. The van der Waals surface area contributed by atoms with Crippen molar-refractivity contribution in [1.82, 2.24) is 0 Å². The van der Waals surface area contributed by atoms with Gasteiger partial charge in [-0.2, -0.15) is 0 Å². The summed E-state index contributed by atoms with van der Waals surface area (Å²) in [6.07, 6.45) is 6.29. The van der Waals surface area contributed by atoms with Crippen LogP contribution in [0.5, 0.6) is 0 Å². The molecule has 0 spiro atoms. The predicted molar refractivity (Wildman–Crippen MR) is 130 cm³/mol. The van der Waals surface area contributed by atoms with Gasteiger partial charge < -0.3 is 9.84 Å². The van der Waals surface area contributed by atoms with Crippen molar-refractivity contribution in [2.24, 2.45) is 11.8 Å². The van der Waals surface area contributed by atoms with E-state index < -0.39 is 18.0 Å². The molecule has 1 aliphatic carbocycles. The van der Waals surface area contributed by atoms with Crippen LogP contribution >= 0.6 is 23.2 Å². The molecular weight excluding hydrogens is 459 g/mol. The van der Waals surface area contributed by atoms with Crippen LogP contribution in [0, 0.1) is 11.8 Å². The standard InChI is InChI=1S/C27H28Cl2O4/c28-21-10-6-18(7-11-21)14-20(15-19-8-12-22(29)13-9-19)25(30)24-26(31)23(33-27(24)32)16-17-4-2-1-3-5-17/h6-13,17,20,23,30H,1-5,14-16H2/b25-24+. The Morgan fingerprint density at radius 2 is 1.39 bits per heavy atom. The molecule has 2 aliphatic rings. The fraction of sp³-hybridized carbons (Fsp3) is 0.407. The third-order valence-electron chi connectivity index (χ3n) is 6.70. The van der Waals surface area contributed by atoms with Crippen molar-refractivity contribution in [3.63, 3.8) is 0 Å². The van der Waals surface area contributed by atoms with Crippen molar-refractivity contribution in [1.29, 1.82) is 0 Å². The van der Waals surface area contributed by atoms with E-state index in [0.717, 1.165) is 36.8 Å². The molecule has 1 atom stereocenters. The summed E-state index contributed by atoms with van der Waals surface area (Å²) in [6.45, 7) is 0. The zero-order chi connectivity index (χ0) is 23.4. The average Bonchev–Trinajstić information content (AvgIpc) is 3.09. The molecule has 2 aromatic carbocycles. The van der Waals surface area contributed by atoms with E-state index in [-0.39, 0.29) is 17.1 Å². The number of cyclic esters (lactones) is 1. The van der Waals surface area contributed by atoms with E-state index in [1.165, 1.54) is 6.42 Å². The lowest BCUT2D eigenvalue weighted by molar-refractivity contribution is -0.141. The summed E-state index contributed by atoms with van der Waals surface area (Å²) in [4.78, 5) is 25.8. The number of carbonyl (C=O) groups excluding carboxylic acids is 2. The first-order chi connectivity index (χ1) is 15.9. The summed E-state index contributed by atoms with van der Waals surface area (Å²) in [5.74, 6) is -1.37. The maximum Gasteiger partial charge on any atom is 0.346 e. The highest BCUT2D eigenvalue weighted by atomic mass is 35.5. The molecule has 2 fully saturated rings. The molecular formula is C27H28Cl2O4. The number of allylic oxidation sites excluding steroid dienone is 1. The highest BCUT2D eigenvalue weighted by molar-refractivity contribution is 6.30. The first kappa shape index (κ1) is 23.8. The van der Waals surface area contributed by atoms with Gasteiger partial charge in [0.05, 0.1) is 0 Å². The fourth-order valence-electron chi connectivity index (χ4n) is 4.89. The summed E-state index contributed by atoms with van der Waals surface area (Å²) in [6, 6.07) is 14.7. The van der Waals surface area contributed by atoms with Gasteiger partial charge in [-0.25, -0.2) is 4.79 Å². The van der Waals surface area contributed by atoms with Gasteiger partial charge in [-0.1, -0.05) is 79.6 Å². The monoisotopic (exact) mass is 486 g/mol. The van der Waals surface area contributed by atoms with E-state index >= 15 is 0 Å².